The monoisotopic (exact) mass is 241 g/mol. The van der Waals surface area contributed by atoms with Crippen LogP contribution in [-0.2, 0) is 9.59 Å². The molecule has 1 rings (SSSR count). The smallest absolute Gasteiger partial charge is 0.225 e. The van der Waals surface area contributed by atoms with E-state index in [2.05, 4.69) is 5.32 Å². The van der Waals surface area contributed by atoms with Crippen LogP contribution >= 0.6 is 0 Å². The molecule has 1 fully saturated rings. The number of nitrogens with one attached hydrogen (secondary N) is 1. The van der Waals surface area contributed by atoms with Crippen molar-refractivity contribution in [2.75, 3.05) is 33.7 Å². The number of nitrogens with zero attached hydrogens (tertiary/aromatic N) is 2. The van der Waals surface area contributed by atoms with E-state index in [9.17, 15) is 9.59 Å². The fourth-order valence-electron chi connectivity index (χ4n) is 1.89. The summed E-state index contributed by atoms with van der Waals surface area (Å²) in [6.45, 7) is 5.96. The lowest BCUT2D eigenvalue weighted by Crippen LogP contribution is -2.38. The molecule has 0 aromatic carbocycles. The molecule has 1 N–H and O–H groups in total. The molecular weight excluding hydrogens is 218 g/mol. The van der Waals surface area contributed by atoms with Gasteiger partial charge in [0.2, 0.25) is 11.8 Å². The van der Waals surface area contributed by atoms with E-state index in [-0.39, 0.29) is 23.8 Å². The van der Waals surface area contributed by atoms with Gasteiger partial charge in [-0.1, -0.05) is 0 Å². The topological polar surface area (TPSA) is 52.7 Å². The molecule has 0 saturated carbocycles. The molecule has 1 heterocycles. The number of hydrogen-bond acceptors (Lipinski definition) is 3. The van der Waals surface area contributed by atoms with E-state index in [1.54, 1.807) is 4.90 Å². The number of likely N-dealkylation sites (N-methyl/N-ethyl adjacent to an activating group) is 1. The minimum atomic E-state index is -0.174. The summed E-state index contributed by atoms with van der Waals surface area (Å²) >= 11 is 0. The zero-order valence-electron chi connectivity index (χ0n) is 11.2. The highest BCUT2D eigenvalue weighted by Crippen LogP contribution is 2.17. The Bertz CT molecular complexity index is 289. The van der Waals surface area contributed by atoms with Gasteiger partial charge in [0, 0.05) is 32.1 Å². The van der Waals surface area contributed by atoms with Crippen molar-refractivity contribution in [2.24, 2.45) is 5.92 Å². The molecule has 0 spiro atoms. The van der Waals surface area contributed by atoms with E-state index in [0.717, 1.165) is 6.54 Å². The van der Waals surface area contributed by atoms with Crippen molar-refractivity contribution in [3.05, 3.63) is 0 Å². The lowest BCUT2D eigenvalue weighted by molar-refractivity contribution is -0.129. The summed E-state index contributed by atoms with van der Waals surface area (Å²) in [5.41, 5.74) is 0. The molecule has 0 aromatic rings. The molecule has 1 atom stereocenters. The molecule has 1 aliphatic heterocycles. The maximum Gasteiger partial charge on any atom is 0.225 e. The number of carbonyl (C=O) groups is 2. The predicted molar refractivity (Wildman–Crippen MR) is 66.5 cm³/mol. The Kier molecular flexibility index (Phi) is 4.93. The first kappa shape index (κ1) is 14.0. The summed E-state index contributed by atoms with van der Waals surface area (Å²) in [6, 6.07) is 0.133. The maximum atomic E-state index is 11.8. The fourth-order valence-corrected chi connectivity index (χ4v) is 1.89. The van der Waals surface area contributed by atoms with Gasteiger partial charge in [-0.2, -0.15) is 0 Å². The predicted octanol–water partition coefficient (Wildman–Crippen LogP) is -0.0789. The lowest BCUT2D eigenvalue weighted by Gasteiger charge is -2.19. The minimum absolute atomic E-state index is 0.000651. The van der Waals surface area contributed by atoms with E-state index < -0.39 is 0 Å². The SMILES string of the molecule is CC(C)NC(=O)C1CC(=O)N(CCN(C)C)C1. The molecule has 5 heteroatoms. The first-order valence-electron chi connectivity index (χ1n) is 6.13. The number of rotatable bonds is 5. The largest absolute Gasteiger partial charge is 0.354 e. The molecule has 1 aliphatic rings. The summed E-state index contributed by atoms with van der Waals surface area (Å²) < 4.78 is 0. The summed E-state index contributed by atoms with van der Waals surface area (Å²) in [4.78, 5) is 27.3. The van der Waals surface area contributed by atoms with Gasteiger partial charge in [0.05, 0.1) is 5.92 Å². The van der Waals surface area contributed by atoms with E-state index in [0.29, 0.717) is 19.5 Å². The van der Waals surface area contributed by atoms with Crippen LogP contribution in [0.25, 0.3) is 0 Å². The van der Waals surface area contributed by atoms with Gasteiger partial charge in [0.15, 0.2) is 0 Å². The number of amides is 2. The molecule has 98 valence electrons. The summed E-state index contributed by atoms with van der Waals surface area (Å²) in [6.07, 6.45) is 0.353. The second-order valence-corrected chi connectivity index (χ2v) is 5.21. The molecule has 0 aliphatic carbocycles. The number of carbonyl (C=O) groups excluding carboxylic acids is 2. The third-order valence-corrected chi connectivity index (χ3v) is 2.83. The van der Waals surface area contributed by atoms with E-state index in [4.69, 9.17) is 0 Å². The van der Waals surface area contributed by atoms with Crippen LogP contribution in [0, 0.1) is 5.92 Å². The molecule has 2 amide bonds. The lowest BCUT2D eigenvalue weighted by atomic mass is 10.1. The average molecular weight is 241 g/mol. The van der Waals surface area contributed by atoms with Crippen molar-refractivity contribution in [2.45, 2.75) is 26.3 Å². The van der Waals surface area contributed by atoms with Crippen LogP contribution in [0.5, 0.6) is 0 Å². The standard InChI is InChI=1S/C12H23N3O2/c1-9(2)13-12(17)10-7-11(16)15(8-10)6-5-14(3)4/h9-10H,5-8H2,1-4H3,(H,13,17). The van der Waals surface area contributed by atoms with Crippen molar-refractivity contribution in [1.82, 2.24) is 15.1 Å². The Balaban J connectivity index is 2.43. The second-order valence-electron chi connectivity index (χ2n) is 5.21. The van der Waals surface area contributed by atoms with Gasteiger partial charge in [0.1, 0.15) is 0 Å². The van der Waals surface area contributed by atoms with Crippen LogP contribution in [-0.4, -0.2) is 61.4 Å². The maximum absolute atomic E-state index is 11.8. The second kappa shape index (κ2) is 6.00. The van der Waals surface area contributed by atoms with E-state index in [1.807, 2.05) is 32.8 Å². The van der Waals surface area contributed by atoms with Crippen molar-refractivity contribution in [1.29, 1.82) is 0 Å². The molecule has 0 bridgehead atoms. The first-order valence-corrected chi connectivity index (χ1v) is 6.13. The Morgan fingerprint density at radius 2 is 2.18 bits per heavy atom. The van der Waals surface area contributed by atoms with Gasteiger partial charge in [-0.3, -0.25) is 9.59 Å². The third kappa shape index (κ3) is 4.34. The van der Waals surface area contributed by atoms with Crippen molar-refractivity contribution in [3.63, 3.8) is 0 Å². The van der Waals surface area contributed by atoms with Crippen molar-refractivity contribution < 1.29 is 9.59 Å². The van der Waals surface area contributed by atoms with Crippen molar-refractivity contribution in [3.8, 4) is 0 Å². The van der Waals surface area contributed by atoms with Crippen LogP contribution in [0.15, 0.2) is 0 Å². The molecule has 0 aromatic heterocycles. The zero-order chi connectivity index (χ0) is 13.0. The first-order chi connectivity index (χ1) is 7.90. The molecule has 5 nitrogen and oxygen atoms in total. The van der Waals surface area contributed by atoms with Crippen LogP contribution in [0.3, 0.4) is 0 Å². The molecular formula is C12H23N3O2. The van der Waals surface area contributed by atoms with Crippen LogP contribution < -0.4 is 5.32 Å². The van der Waals surface area contributed by atoms with Gasteiger partial charge >= 0.3 is 0 Å². The highest BCUT2D eigenvalue weighted by atomic mass is 16.2. The molecule has 0 radical (unpaired) electrons. The third-order valence-electron chi connectivity index (χ3n) is 2.83. The fraction of sp³-hybridized carbons (Fsp3) is 0.833. The van der Waals surface area contributed by atoms with Gasteiger partial charge in [-0.15, -0.1) is 0 Å². The zero-order valence-corrected chi connectivity index (χ0v) is 11.2. The molecule has 1 saturated heterocycles. The van der Waals surface area contributed by atoms with Gasteiger partial charge in [-0.05, 0) is 27.9 Å². The number of hydrogen-bond donors (Lipinski definition) is 1. The quantitative estimate of drug-likeness (QED) is 0.732. The van der Waals surface area contributed by atoms with E-state index >= 15 is 0 Å². The number of likely N-dealkylation sites (tertiary alicyclic amines) is 1. The van der Waals surface area contributed by atoms with Crippen LogP contribution in [0.1, 0.15) is 20.3 Å². The summed E-state index contributed by atoms with van der Waals surface area (Å²) in [5, 5.41) is 2.86. The minimum Gasteiger partial charge on any atom is -0.354 e. The molecule has 17 heavy (non-hydrogen) atoms. The Labute approximate surface area is 103 Å². The Morgan fingerprint density at radius 3 is 2.71 bits per heavy atom. The normalized spacial score (nSPS) is 20.5. The van der Waals surface area contributed by atoms with Gasteiger partial charge in [0.25, 0.3) is 0 Å². The Morgan fingerprint density at radius 1 is 1.53 bits per heavy atom. The Hall–Kier alpha value is -1.10. The van der Waals surface area contributed by atoms with Crippen LogP contribution in [0.4, 0.5) is 0 Å². The highest BCUT2D eigenvalue weighted by molar-refractivity contribution is 5.89. The summed E-state index contributed by atoms with van der Waals surface area (Å²) in [7, 11) is 3.95. The van der Waals surface area contributed by atoms with E-state index in [1.165, 1.54) is 0 Å². The van der Waals surface area contributed by atoms with Crippen LogP contribution in [0.2, 0.25) is 0 Å². The van der Waals surface area contributed by atoms with Crippen molar-refractivity contribution >= 4 is 11.8 Å². The average Bonchev–Trinajstić information content (AvgIpc) is 2.56. The molecule has 1 unspecified atom stereocenters. The summed E-state index contributed by atoms with van der Waals surface area (Å²) in [5.74, 6) is -0.0801. The highest BCUT2D eigenvalue weighted by Gasteiger charge is 2.33. The van der Waals surface area contributed by atoms with Gasteiger partial charge < -0.3 is 15.1 Å². The van der Waals surface area contributed by atoms with Gasteiger partial charge in [-0.25, -0.2) is 0 Å².